The Morgan fingerprint density at radius 2 is 2.42 bits per heavy atom. The van der Waals surface area contributed by atoms with E-state index in [2.05, 4.69) is 21.8 Å². The van der Waals surface area contributed by atoms with Gasteiger partial charge in [0.25, 0.3) is 5.91 Å². The average Bonchev–Trinajstić information content (AvgIpc) is 2.87. The highest BCUT2D eigenvalue weighted by molar-refractivity contribution is 7.08. The van der Waals surface area contributed by atoms with Crippen LogP contribution in [0.3, 0.4) is 0 Å². The number of nitrogens with zero attached hydrogens (tertiary/aromatic N) is 3. The summed E-state index contributed by atoms with van der Waals surface area (Å²) in [5.41, 5.74) is 0.869. The fourth-order valence-corrected chi connectivity index (χ4v) is 3.30. The van der Waals surface area contributed by atoms with E-state index in [0.29, 0.717) is 5.92 Å². The summed E-state index contributed by atoms with van der Waals surface area (Å²) in [7, 11) is 1.97. The Morgan fingerprint density at radius 1 is 1.58 bits per heavy atom. The molecule has 1 amide bonds. The van der Waals surface area contributed by atoms with Crippen LogP contribution in [0.4, 0.5) is 0 Å². The second-order valence-electron chi connectivity index (χ2n) is 5.12. The van der Waals surface area contributed by atoms with Crippen LogP contribution in [0, 0.1) is 5.92 Å². The summed E-state index contributed by atoms with van der Waals surface area (Å²) in [6.45, 7) is 4.79. The monoisotopic (exact) mass is 282 g/mol. The molecular formula is C13H22N4OS. The first kappa shape index (κ1) is 14.4. The third-order valence-electron chi connectivity index (χ3n) is 3.54. The maximum Gasteiger partial charge on any atom is 0.267 e. The molecule has 0 saturated carbocycles. The van der Waals surface area contributed by atoms with Crippen LogP contribution >= 0.6 is 11.5 Å². The largest absolute Gasteiger partial charge is 0.338 e. The van der Waals surface area contributed by atoms with Gasteiger partial charge in [-0.25, -0.2) is 0 Å². The average molecular weight is 282 g/mol. The molecule has 5 nitrogen and oxygen atoms in total. The normalized spacial score (nSPS) is 19.7. The van der Waals surface area contributed by atoms with Gasteiger partial charge < -0.3 is 10.2 Å². The molecule has 0 aromatic carbocycles. The predicted molar refractivity (Wildman–Crippen MR) is 76.5 cm³/mol. The molecule has 1 aromatic rings. The molecule has 1 atom stereocenters. The number of carbonyl (C=O) groups is 1. The first-order valence-electron chi connectivity index (χ1n) is 7.01. The molecule has 1 aliphatic heterocycles. The molecule has 1 N–H and O–H groups in total. The van der Waals surface area contributed by atoms with Gasteiger partial charge >= 0.3 is 0 Å². The lowest BCUT2D eigenvalue weighted by molar-refractivity contribution is 0.0678. The van der Waals surface area contributed by atoms with Crippen molar-refractivity contribution in [1.82, 2.24) is 19.8 Å². The van der Waals surface area contributed by atoms with Gasteiger partial charge in [0.1, 0.15) is 4.88 Å². The second-order valence-corrected chi connectivity index (χ2v) is 5.87. The van der Waals surface area contributed by atoms with E-state index in [0.717, 1.165) is 49.5 Å². The van der Waals surface area contributed by atoms with Gasteiger partial charge in [-0.1, -0.05) is 17.8 Å². The number of hydrogen-bond donors (Lipinski definition) is 1. The Labute approximate surface area is 118 Å². The highest BCUT2D eigenvalue weighted by Crippen LogP contribution is 2.21. The van der Waals surface area contributed by atoms with Gasteiger partial charge in [-0.3, -0.25) is 4.79 Å². The maximum atomic E-state index is 12.5. The van der Waals surface area contributed by atoms with Crippen molar-refractivity contribution in [2.24, 2.45) is 5.92 Å². The Hall–Kier alpha value is -1.01. The summed E-state index contributed by atoms with van der Waals surface area (Å²) in [6.07, 6.45) is 4.13. The van der Waals surface area contributed by atoms with E-state index in [1.807, 2.05) is 11.9 Å². The number of hydrogen-bond acceptors (Lipinski definition) is 5. The molecule has 0 spiro atoms. The minimum atomic E-state index is 0.124. The first-order valence-corrected chi connectivity index (χ1v) is 7.78. The van der Waals surface area contributed by atoms with Crippen molar-refractivity contribution in [2.45, 2.75) is 32.6 Å². The number of carbonyl (C=O) groups excluding carboxylic acids is 1. The van der Waals surface area contributed by atoms with Gasteiger partial charge in [0.05, 0.1) is 5.69 Å². The molecule has 2 rings (SSSR count). The summed E-state index contributed by atoms with van der Waals surface area (Å²) in [6, 6.07) is 0. The lowest BCUT2D eigenvalue weighted by Gasteiger charge is -2.32. The molecule has 2 heterocycles. The third-order valence-corrected chi connectivity index (χ3v) is 4.29. The van der Waals surface area contributed by atoms with Crippen LogP contribution in [-0.4, -0.2) is 47.1 Å². The first-order chi connectivity index (χ1) is 9.26. The molecule has 1 saturated heterocycles. The van der Waals surface area contributed by atoms with Gasteiger partial charge in [0, 0.05) is 13.1 Å². The Balaban J connectivity index is 2.04. The van der Waals surface area contributed by atoms with Crippen LogP contribution in [0.5, 0.6) is 0 Å². The highest BCUT2D eigenvalue weighted by atomic mass is 32.1. The maximum absolute atomic E-state index is 12.5. The van der Waals surface area contributed by atoms with Crippen LogP contribution in [0.25, 0.3) is 0 Å². The van der Waals surface area contributed by atoms with E-state index in [1.165, 1.54) is 18.0 Å². The predicted octanol–water partition coefficient (Wildman–Crippen LogP) is 1.56. The van der Waals surface area contributed by atoms with Crippen LogP contribution in [0.15, 0.2) is 0 Å². The standard InChI is InChI=1S/C13H22N4OS/c1-3-5-11-12(19-16-15-11)13(18)17-7-4-6-10(9-17)8-14-2/h10,14H,3-9H2,1-2H3. The van der Waals surface area contributed by atoms with Gasteiger partial charge in [-0.2, -0.15) is 0 Å². The highest BCUT2D eigenvalue weighted by Gasteiger charge is 2.27. The summed E-state index contributed by atoms with van der Waals surface area (Å²) < 4.78 is 3.94. The van der Waals surface area contributed by atoms with Crippen molar-refractivity contribution in [2.75, 3.05) is 26.7 Å². The summed E-state index contributed by atoms with van der Waals surface area (Å²) in [4.78, 5) is 15.3. The minimum Gasteiger partial charge on any atom is -0.338 e. The van der Waals surface area contributed by atoms with Crippen molar-refractivity contribution < 1.29 is 4.79 Å². The van der Waals surface area contributed by atoms with Gasteiger partial charge in [-0.05, 0) is 50.3 Å². The Kier molecular flexibility index (Phi) is 5.27. The van der Waals surface area contributed by atoms with Crippen LogP contribution in [0.2, 0.25) is 0 Å². The fourth-order valence-electron chi connectivity index (χ4n) is 2.62. The smallest absolute Gasteiger partial charge is 0.267 e. The van der Waals surface area contributed by atoms with Crippen molar-refractivity contribution in [3.63, 3.8) is 0 Å². The number of piperidine rings is 1. The van der Waals surface area contributed by atoms with Gasteiger partial charge in [0.15, 0.2) is 0 Å². The lowest BCUT2D eigenvalue weighted by atomic mass is 9.98. The second kappa shape index (κ2) is 6.96. The number of aryl methyl sites for hydroxylation is 1. The van der Waals surface area contributed by atoms with Crippen LogP contribution in [-0.2, 0) is 6.42 Å². The van der Waals surface area contributed by atoms with Gasteiger partial charge in [-0.15, -0.1) is 5.10 Å². The number of rotatable bonds is 5. The SMILES string of the molecule is CCCc1nnsc1C(=O)N1CCCC(CNC)C1. The lowest BCUT2D eigenvalue weighted by Crippen LogP contribution is -2.42. The number of amides is 1. The topological polar surface area (TPSA) is 58.1 Å². The third kappa shape index (κ3) is 3.51. The van der Waals surface area contributed by atoms with Crippen LogP contribution in [0.1, 0.15) is 41.6 Å². The van der Waals surface area contributed by atoms with Crippen molar-refractivity contribution in [3.05, 3.63) is 10.6 Å². The Morgan fingerprint density at radius 3 is 3.16 bits per heavy atom. The zero-order valence-corrected chi connectivity index (χ0v) is 12.5. The molecule has 0 bridgehead atoms. The van der Waals surface area contributed by atoms with E-state index < -0.39 is 0 Å². The van der Waals surface area contributed by atoms with Crippen LogP contribution < -0.4 is 5.32 Å². The minimum absolute atomic E-state index is 0.124. The Bertz CT molecular complexity index is 419. The number of likely N-dealkylation sites (tertiary alicyclic amines) is 1. The molecule has 6 heteroatoms. The molecule has 0 aliphatic carbocycles. The van der Waals surface area contributed by atoms with E-state index in [4.69, 9.17) is 0 Å². The molecular weight excluding hydrogens is 260 g/mol. The molecule has 1 aromatic heterocycles. The molecule has 1 aliphatic rings. The van der Waals surface area contributed by atoms with E-state index in [9.17, 15) is 4.79 Å². The van der Waals surface area contributed by atoms with Crippen molar-refractivity contribution in [3.8, 4) is 0 Å². The fraction of sp³-hybridized carbons (Fsp3) is 0.769. The van der Waals surface area contributed by atoms with Crippen molar-refractivity contribution in [1.29, 1.82) is 0 Å². The molecule has 1 fully saturated rings. The van der Waals surface area contributed by atoms with Gasteiger partial charge in [0.2, 0.25) is 0 Å². The number of nitrogens with one attached hydrogen (secondary N) is 1. The quantitative estimate of drug-likeness (QED) is 0.890. The zero-order valence-electron chi connectivity index (χ0n) is 11.7. The molecule has 106 valence electrons. The van der Waals surface area contributed by atoms with E-state index in [-0.39, 0.29) is 5.91 Å². The zero-order chi connectivity index (χ0) is 13.7. The molecule has 1 unspecified atom stereocenters. The summed E-state index contributed by atoms with van der Waals surface area (Å²) in [5, 5.41) is 7.29. The summed E-state index contributed by atoms with van der Waals surface area (Å²) >= 11 is 1.24. The molecule has 0 radical (unpaired) electrons. The number of aromatic nitrogens is 2. The van der Waals surface area contributed by atoms with E-state index >= 15 is 0 Å². The summed E-state index contributed by atoms with van der Waals surface area (Å²) in [5.74, 6) is 0.692. The van der Waals surface area contributed by atoms with Crippen molar-refractivity contribution >= 4 is 17.4 Å². The molecule has 19 heavy (non-hydrogen) atoms. The van der Waals surface area contributed by atoms with E-state index in [1.54, 1.807) is 0 Å².